The van der Waals surface area contributed by atoms with Crippen molar-refractivity contribution in [3.8, 4) is 0 Å². The fourth-order valence-corrected chi connectivity index (χ4v) is 2.04. The highest BCUT2D eigenvalue weighted by atomic mass is 16.1. The van der Waals surface area contributed by atoms with Crippen LogP contribution < -0.4 is 10.9 Å². The zero-order chi connectivity index (χ0) is 10.7. The Kier molecular flexibility index (Phi) is 3.04. The Morgan fingerprint density at radius 3 is 2.67 bits per heavy atom. The van der Waals surface area contributed by atoms with E-state index in [-0.39, 0.29) is 5.56 Å². The van der Waals surface area contributed by atoms with Crippen LogP contribution in [0.25, 0.3) is 0 Å². The highest BCUT2D eigenvalue weighted by Crippen LogP contribution is 2.25. The third kappa shape index (κ3) is 2.81. The second-order valence-electron chi connectivity index (χ2n) is 4.41. The lowest BCUT2D eigenvalue weighted by Crippen LogP contribution is -2.26. The summed E-state index contributed by atoms with van der Waals surface area (Å²) in [7, 11) is 0. The van der Waals surface area contributed by atoms with Crippen molar-refractivity contribution in [1.82, 2.24) is 10.2 Å². The van der Waals surface area contributed by atoms with Crippen molar-refractivity contribution in [2.75, 3.05) is 5.32 Å². The Morgan fingerprint density at radius 1 is 1.33 bits per heavy atom. The van der Waals surface area contributed by atoms with Crippen LogP contribution in [0.1, 0.15) is 32.6 Å². The van der Waals surface area contributed by atoms with Gasteiger partial charge in [-0.2, -0.15) is 5.10 Å². The highest BCUT2D eigenvalue weighted by molar-refractivity contribution is 5.32. The van der Waals surface area contributed by atoms with E-state index in [1.165, 1.54) is 31.7 Å². The van der Waals surface area contributed by atoms with E-state index < -0.39 is 0 Å². The van der Waals surface area contributed by atoms with E-state index in [0.29, 0.717) is 6.04 Å². The predicted molar refractivity (Wildman–Crippen MR) is 59.9 cm³/mol. The van der Waals surface area contributed by atoms with E-state index in [9.17, 15) is 4.79 Å². The van der Waals surface area contributed by atoms with Crippen molar-refractivity contribution in [3.05, 3.63) is 22.5 Å². The summed E-state index contributed by atoms with van der Waals surface area (Å²) in [4.78, 5) is 10.8. The molecule has 0 radical (unpaired) electrons. The maximum atomic E-state index is 10.8. The standard InChI is InChI=1S/C11H17N3O/c1-8-2-4-9(5-3-8)12-10-6-7-11(15)14-13-10/h6-9H,2-5H2,1H3,(H,12,13)(H,14,15). The van der Waals surface area contributed by atoms with Crippen molar-refractivity contribution in [2.45, 2.75) is 38.6 Å². The number of aromatic nitrogens is 2. The first-order valence-electron chi connectivity index (χ1n) is 5.56. The van der Waals surface area contributed by atoms with Crippen molar-refractivity contribution in [3.63, 3.8) is 0 Å². The van der Waals surface area contributed by atoms with Gasteiger partial charge in [-0.25, -0.2) is 5.10 Å². The summed E-state index contributed by atoms with van der Waals surface area (Å²) in [6, 6.07) is 3.75. The van der Waals surface area contributed by atoms with Crippen LogP contribution in [0.5, 0.6) is 0 Å². The molecule has 2 N–H and O–H groups in total. The lowest BCUT2D eigenvalue weighted by molar-refractivity contribution is 0.360. The minimum Gasteiger partial charge on any atom is -0.366 e. The summed E-state index contributed by atoms with van der Waals surface area (Å²) in [5.74, 6) is 1.63. The molecule has 0 bridgehead atoms. The number of nitrogens with one attached hydrogen (secondary N) is 2. The molecule has 0 aliphatic heterocycles. The van der Waals surface area contributed by atoms with Crippen LogP contribution in [0.3, 0.4) is 0 Å². The summed E-state index contributed by atoms with van der Waals surface area (Å²) in [6.07, 6.45) is 4.95. The Labute approximate surface area is 89.1 Å². The third-order valence-electron chi connectivity index (χ3n) is 3.05. The molecule has 1 aromatic heterocycles. The van der Waals surface area contributed by atoms with Crippen molar-refractivity contribution in [1.29, 1.82) is 0 Å². The quantitative estimate of drug-likeness (QED) is 0.777. The Hall–Kier alpha value is -1.32. The van der Waals surface area contributed by atoms with E-state index in [4.69, 9.17) is 0 Å². The van der Waals surface area contributed by atoms with E-state index in [1.54, 1.807) is 6.07 Å². The second-order valence-corrected chi connectivity index (χ2v) is 4.41. The number of hydrogen-bond acceptors (Lipinski definition) is 3. The lowest BCUT2D eigenvalue weighted by Gasteiger charge is -2.27. The molecule has 0 aromatic carbocycles. The van der Waals surface area contributed by atoms with E-state index >= 15 is 0 Å². The molecule has 0 unspecified atom stereocenters. The third-order valence-corrected chi connectivity index (χ3v) is 3.05. The van der Waals surface area contributed by atoms with Crippen LogP contribution in [0.15, 0.2) is 16.9 Å². The normalized spacial score (nSPS) is 26.2. The minimum atomic E-state index is -0.155. The van der Waals surface area contributed by atoms with Crippen LogP contribution >= 0.6 is 0 Å². The smallest absolute Gasteiger partial charge is 0.264 e. The molecule has 0 saturated heterocycles. The largest absolute Gasteiger partial charge is 0.366 e. The second kappa shape index (κ2) is 4.47. The first kappa shape index (κ1) is 10.2. The van der Waals surface area contributed by atoms with Gasteiger partial charge in [0.05, 0.1) is 0 Å². The molecule has 4 nitrogen and oxygen atoms in total. The average Bonchev–Trinajstić information content (AvgIpc) is 2.25. The van der Waals surface area contributed by atoms with Crippen LogP contribution in [-0.4, -0.2) is 16.2 Å². The zero-order valence-electron chi connectivity index (χ0n) is 8.99. The number of aromatic amines is 1. The van der Waals surface area contributed by atoms with Crippen molar-refractivity contribution in [2.24, 2.45) is 5.92 Å². The molecule has 1 aromatic rings. The first-order chi connectivity index (χ1) is 7.24. The highest BCUT2D eigenvalue weighted by Gasteiger charge is 2.17. The topological polar surface area (TPSA) is 57.8 Å². The molecule has 82 valence electrons. The monoisotopic (exact) mass is 207 g/mol. The van der Waals surface area contributed by atoms with Crippen LogP contribution in [0, 0.1) is 5.92 Å². The SMILES string of the molecule is CC1CCC(Nc2ccc(=O)[nH]n2)CC1. The lowest BCUT2D eigenvalue weighted by atomic mass is 9.87. The molecule has 1 fully saturated rings. The molecule has 1 saturated carbocycles. The van der Waals surface area contributed by atoms with Gasteiger partial charge in [0.2, 0.25) is 0 Å². The van der Waals surface area contributed by atoms with Gasteiger partial charge in [-0.05, 0) is 37.7 Å². The molecule has 4 heteroatoms. The van der Waals surface area contributed by atoms with Gasteiger partial charge >= 0.3 is 0 Å². The van der Waals surface area contributed by atoms with E-state index in [0.717, 1.165) is 11.7 Å². The van der Waals surface area contributed by atoms with Crippen LogP contribution in [-0.2, 0) is 0 Å². The van der Waals surface area contributed by atoms with Gasteiger partial charge in [-0.1, -0.05) is 6.92 Å². The maximum Gasteiger partial charge on any atom is 0.264 e. The summed E-state index contributed by atoms with van der Waals surface area (Å²) >= 11 is 0. The van der Waals surface area contributed by atoms with Gasteiger partial charge in [-0.15, -0.1) is 0 Å². The number of anilines is 1. The van der Waals surface area contributed by atoms with Crippen LogP contribution in [0.4, 0.5) is 5.82 Å². The van der Waals surface area contributed by atoms with Gasteiger partial charge in [-0.3, -0.25) is 4.79 Å². The van der Waals surface area contributed by atoms with Gasteiger partial charge in [0.15, 0.2) is 0 Å². The molecule has 15 heavy (non-hydrogen) atoms. The van der Waals surface area contributed by atoms with E-state index in [2.05, 4.69) is 22.4 Å². The molecule has 1 heterocycles. The first-order valence-corrected chi connectivity index (χ1v) is 5.56. The molecular weight excluding hydrogens is 190 g/mol. The molecule has 0 amide bonds. The van der Waals surface area contributed by atoms with Gasteiger partial charge in [0.25, 0.3) is 5.56 Å². The zero-order valence-corrected chi connectivity index (χ0v) is 8.99. The molecule has 1 aliphatic rings. The molecule has 1 aliphatic carbocycles. The minimum absolute atomic E-state index is 0.155. The number of H-pyrrole nitrogens is 1. The fourth-order valence-electron chi connectivity index (χ4n) is 2.04. The molecule has 2 rings (SSSR count). The Morgan fingerprint density at radius 2 is 2.07 bits per heavy atom. The number of nitrogens with zero attached hydrogens (tertiary/aromatic N) is 1. The summed E-state index contributed by atoms with van der Waals surface area (Å²) in [5.41, 5.74) is -0.155. The average molecular weight is 207 g/mol. The molecule has 0 atom stereocenters. The number of hydrogen-bond donors (Lipinski definition) is 2. The fraction of sp³-hybridized carbons (Fsp3) is 0.636. The maximum absolute atomic E-state index is 10.8. The van der Waals surface area contributed by atoms with Crippen molar-refractivity contribution >= 4 is 5.82 Å². The Bertz CT molecular complexity index is 346. The van der Waals surface area contributed by atoms with Gasteiger partial charge in [0, 0.05) is 12.1 Å². The molecule has 0 spiro atoms. The number of rotatable bonds is 2. The van der Waals surface area contributed by atoms with Gasteiger partial charge < -0.3 is 5.32 Å². The van der Waals surface area contributed by atoms with Crippen molar-refractivity contribution < 1.29 is 0 Å². The van der Waals surface area contributed by atoms with E-state index in [1.807, 2.05) is 0 Å². The van der Waals surface area contributed by atoms with Gasteiger partial charge in [0.1, 0.15) is 5.82 Å². The summed E-state index contributed by atoms with van der Waals surface area (Å²) < 4.78 is 0. The summed E-state index contributed by atoms with van der Waals surface area (Å²) in [5, 5.41) is 9.72. The molecular formula is C11H17N3O. The van der Waals surface area contributed by atoms with Crippen LogP contribution in [0.2, 0.25) is 0 Å². The summed E-state index contributed by atoms with van der Waals surface area (Å²) in [6.45, 7) is 2.30. The Balaban J connectivity index is 1.92. The predicted octanol–water partition coefficient (Wildman–Crippen LogP) is 1.76.